The lowest BCUT2D eigenvalue weighted by Crippen LogP contribution is -2.81. The molecule has 0 bridgehead atoms. The van der Waals surface area contributed by atoms with Crippen molar-refractivity contribution < 1.29 is 30.3 Å². The minimum absolute atomic E-state index is 1.13. The van der Waals surface area contributed by atoms with Crippen LogP contribution in [0.3, 0.4) is 0 Å². The summed E-state index contributed by atoms with van der Waals surface area (Å²) in [6.45, 7) is 6.14. The average Bonchev–Trinajstić information content (AvgIpc) is 2.11. The lowest BCUT2D eigenvalue weighted by Gasteiger charge is -2.60. The smallest absolute Gasteiger partial charge is 0.195 e. The van der Waals surface area contributed by atoms with Crippen LogP contribution >= 0.6 is 0 Å². The third kappa shape index (κ3) is 1.71. The van der Waals surface area contributed by atoms with E-state index in [2.05, 4.69) is 0 Å². The molecule has 0 aromatic rings. The Labute approximate surface area is 100 Å². The van der Waals surface area contributed by atoms with Gasteiger partial charge in [0.1, 0.15) is 22.9 Å². The number of aliphatic hydroxyl groups excluding tert-OH is 1. The van der Waals surface area contributed by atoms with Crippen molar-refractivity contribution in [3.05, 3.63) is 0 Å². The van der Waals surface area contributed by atoms with E-state index < -0.39 is 34.8 Å². The van der Waals surface area contributed by atoms with Crippen LogP contribution in [0, 0.1) is 0 Å². The Bertz CT molecular complexity index is 305. The van der Waals surface area contributed by atoms with Gasteiger partial charge in [0.05, 0.1) is 6.10 Å². The molecule has 102 valence electrons. The maximum atomic E-state index is 10.3. The van der Waals surface area contributed by atoms with Crippen molar-refractivity contribution in [3.63, 3.8) is 0 Å². The van der Waals surface area contributed by atoms with Crippen LogP contribution in [0.25, 0.3) is 0 Å². The number of aliphatic hydroxyl groups is 5. The van der Waals surface area contributed by atoms with Gasteiger partial charge in [0.25, 0.3) is 0 Å². The molecule has 6 heteroatoms. The van der Waals surface area contributed by atoms with Gasteiger partial charge >= 0.3 is 0 Å². The molecule has 0 saturated carbocycles. The third-order valence-corrected chi connectivity index (χ3v) is 4.19. The van der Waals surface area contributed by atoms with Gasteiger partial charge in [0.15, 0.2) is 5.79 Å². The molecule has 1 aliphatic rings. The van der Waals surface area contributed by atoms with Crippen LogP contribution in [0.1, 0.15) is 34.6 Å². The van der Waals surface area contributed by atoms with E-state index in [0.29, 0.717) is 0 Å². The minimum Gasteiger partial charge on any atom is -0.391 e. The molecule has 1 saturated heterocycles. The molecule has 0 aromatic carbocycles. The van der Waals surface area contributed by atoms with Crippen LogP contribution in [-0.4, -0.2) is 60.3 Å². The highest BCUT2D eigenvalue weighted by Crippen LogP contribution is 2.48. The molecule has 0 spiro atoms. The first-order valence-corrected chi connectivity index (χ1v) is 5.54. The van der Waals surface area contributed by atoms with Crippen molar-refractivity contribution >= 4 is 0 Å². The van der Waals surface area contributed by atoms with Gasteiger partial charge in [-0.2, -0.15) is 0 Å². The lowest BCUT2D eigenvalue weighted by atomic mass is 9.64. The van der Waals surface area contributed by atoms with Gasteiger partial charge in [-0.1, -0.05) is 0 Å². The number of rotatable bonds is 1. The van der Waals surface area contributed by atoms with Crippen molar-refractivity contribution in [1.29, 1.82) is 0 Å². The summed E-state index contributed by atoms with van der Waals surface area (Å²) in [6.07, 6.45) is -2.35. The summed E-state index contributed by atoms with van der Waals surface area (Å²) in [7, 11) is 0. The molecule has 6 nitrogen and oxygen atoms in total. The summed E-state index contributed by atoms with van der Waals surface area (Å²) < 4.78 is 5.15. The van der Waals surface area contributed by atoms with Gasteiger partial charge in [0.2, 0.25) is 0 Å². The van der Waals surface area contributed by atoms with Crippen LogP contribution < -0.4 is 0 Å². The standard InChI is InChI=1S/C11H22O6/c1-6(12)7-8(2,13)9(3,14)10(4,15)11(5,16)17-7/h6-7,12-16H,1-5H3/t6?,7-,8+,9+,10-,11+/m1/s1. The Balaban J connectivity index is 3.34. The molecule has 1 fully saturated rings. The minimum atomic E-state index is -2.10. The van der Waals surface area contributed by atoms with Gasteiger partial charge < -0.3 is 30.3 Å². The first kappa shape index (κ1) is 14.8. The fraction of sp³-hybridized carbons (Fsp3) is 1.00. The Morgan fingerprint density at radius 1 is 0.941 bits per heavy atom. The molecule has 0 aromatic heterocycles. The first-order chi connectivity index (χ1) is 7.29. The van der Waals surface area contributed by atoms with E-state index in [9.17, 15) is 25.5 Å². The monoisotopic (exact) mass is 250 g/mol. The van der Waals surface area contributed by atoms with E-state index in [4.69, 9.17) is 4.74 Å². The summed E-state index contributed by atoms with van der Waals surface area (Å²) in [5.74, 6) is -2.10. The quantitative estimate of drug-likeness (QED) is 0.397. The molecule has 0 aliphatic carbocycles. The second-order valence-electron chi connectivity index (χ2n) is 5.55. The van der Waals surface area contributed by atoms with Gasteiger partial charge in [-0.3, -0.25) is 0 Å². The van der Waals surface area contributed by atoms with Crippen molar-refractivity contribution in [1.82, 2.24) is 0 Å². The Hall–Kier alpha value is -0.240. The molecular formula is C11H22O6. The Morgan fingerprint density at radius 3 is 1.71 bits per heavy atom. The Morgan fingerprint density at radius 2 is 1.35 bits per heavy atom. The van der Waals surface area contributed by atoms with E-state index in [0.717, 1.165) is 0 Å². The fourth-order valence-electron chi connectivity index (χ4n) is 2.27. The van der Waals surface area contributed by atoms with Crippen LogP contribution in [0.2, 0.25) is 0 Å². The number of hydrogen-bond donors (Lipinski definition) is 5. The normalized spacial score (nSPS) is 57.9. The predicted molar refractivity (Wildman–Crippen MR) is 59.0 cm³/mol. The van der Waals surface area contributed by atoms with E-state index in [1.807, 2.05) is 0 Å². The zero-order valence-electron chi connectivity index (χ0n) is 10.8. The van der Waals surface area contributed by atoms with Crippen molar-refractivity contribution in [2.45, 2.75) is 69.4 Å². The molecule has 1 unspecified atom stereocenters. The molecule has 0 radical (unpaired) electrons. The number of hydrogen-bond acceptors (Lipinski definition) is 6. The summed E-state index contributed by atoms with van der Waals surface area (Å²) in [5.41, 5.74) is -6.09. The third-order valence-electron chi connectivity index (χ3n) is 4.19. The maximum Gasteiger partial charge on any atom is 0.195 e. The van der Waals surface area contributed by atoms with Gasteiger partial charge in [-0.05, 0) is 34.6 Å². The molecule has 5 N–H and O–H groups in total. The zero-order valence-corrected chi connectivity index (χ0v) is 10.8. The topological polar surface area (TPSA) is 110 Å². The SMILES string of the molecule is CC(O)[C@H]1O[C@](C)(O)[C@](C)(O)[C@@](C)(O)[C@@]1(C)O. The van der Waals surface area contributed by atoms with E-state index in [1.165, 1.54) is 34.6 Å². The molecule has 1 heterocycles. The molecule has 0 amide bonds. The molecule has 1 rings (SSSR count). The second kappa shape index (κ2) is 3.63. The van der Waals surface area contributed by atoms with Crippen LogP contribution in [0.5, 0.6) is 0 Å². The highest BCUT2D eigenvalue weighted by atomic mass is 16.7. The fourth-order valence-corrected chi connectivity index (χ4v) is 2.27. The van der Waals surface area contributed by atoms with Gasteiger partial charge in [-0.15, -0.1) is 0 Å². The van der Waals surface area contributed by atoms with Crippen molar-refractivity contribution in [2.75, 3.05) is 0 Å². The molecule has 6 atom stereocenters. The summed E-state index contributed by atoms with van der Waals surface area (Å²) in [4.78, 5) is 0. The Kier molecular flexibility index (Phi) is 3.16. The van der Waals surface area contributed by atoms with Crippen molar-refractivity contribution in [3.8, 4) is 0 Å². The maximum absolute atomic E-state index is 10.3. The summed E-state index contributed by atoms with van der Waals surface area (Å²) >= 11 is 0. The van der Waals surface area contributed by atoms with Gasteiger partial charge in [-0.25, -0.2) is 0 Å². The van der Waals surface area contributed by atoms with E-state index in [-0.39, 0.29) is 0 Å². The molecule has 1 aliphatic heterocycles. The predicted octanol–water partition coefficient (Wildman–Crippen LogP) is -1.27. The first-order valence-electron chi connectivity index (χ1n) is 5.54. The van der Waals surface area contributed by atoms with E-state index >= 15 is 0 Å². The summed E-state index contributed by atoms with van der Waals surface area (Å²) in [6, 6.07) is 0. The molecular weight excluding hydrogens is 228 g/mol. The second-order valence-corrected chi connectivity index (χ2v) is 5.55. The summed E-state index contributed by atoms with van der Waals surface area (Å²) in [5, 5.41) is 50.4. The highest BCUT2D eigenvalue weighted by Gasteiger charge is 2.70. The lowest BCUT2D eigenvalue weighted by molar-refractivity contribution is -0.428. The van der Waals surface area contributed by atoms with Crippen LogP contribution in [0.4, 0.5) is 0 Å². The van der Waals surface area contributed by atoms with Crippen LogP contribution in [-0.2, 0) is 4.74 Å². The number of ether oxygens (including phenoxy) is 1. The molecule has 17 heavy (non-hydrogen) atoms. The zero-order chi connectivity index (χ0) is 13.9. The van der Waals surface area contributed by atoms with Crippen LogP contribution in [0.15, 0.2) is 0 Å². The van der Waals surface area contributed by atoms with Crippen molar-refractivity contribution in [2.24, 2.45) is 0 Å². The van der Waals surface area contributed by atoms with E-state index in [1.54, 1.807) is 0 Å². The highest BCUT2D eigenvalue weighted by molar-refractivity contribution is 5.17. The largest absolute Gasteiger partial charge is 0.391 e. The van der Waals surface area contributed by atoms with Gasteiger partial charge in [0, 0.05) is 0 Å². The average molecular weight is 250 g/mol.